The minimum atomic E-state index is -1.33. The summed E-state index contributed by atoms with van der Waals surface area (Å²) in [6.07, 6.45) is 2.85. The lowest BCUT2D eigenvalue weighted by atomic mass is 9.93. The van der Waals surface area contributed by atoms with Crippen LogP contribution >= 0.6 is 0 Å². The van der Waals surface area contributed by atoms with Gasteiger partial charge in [0.25, 0.3) is 5.91 Å². The highest BCUT2D eigenvalue weighted by Gasteiger charge is 2.33. The van der Waals surface area contributed by atoms with E-state index < -0.39 is 17.3 Å². The second-order valence-corrected chi connectivity index (χ2v) is 7.75. The highest BCUT2D eigenvalue weighted by atomic mass is 16.5. The maximum absolute atomic E-state index is 13.0. The molecule has 0 unspecified atom stereocenters. The Morgan fingerprint density at radius 3 is 2.55 bits per heavy atom. The lowest BCUT2D eigenvalue weighted by Gasteiger charge is -2.24. The second kappa shape index (κ2) is 8.32. The maximum Gasteiger partial charge on any atom is 0.310 e. The van der Waals surface area contributed by atoms with Crippen LogP contribution in [0.25, 0.3) is 10.8 Å². The Morgan fingerprint density at radius 1 is 1.19 bits per heavy atom. The van der Waals surface area contributed by atoms with Gasteiger partial charge in [-0.1, -0.05) is 18.2 Å². The van der Waals surface area contributed by atoms with Crippen molar-refractivity contribution >= 4 is 22.6 Å². The molecule has 0 fully saturated rings. The number of para-hydroxylation sites is 1. The summed E-state index contributed by atoms with van der Waals surface area (Å²) >= 11 is 0. The predicted molar refractivity (Wildman–Crippen MR) is 113 cm³/mol. The van der Waals surface area contributed by atoms with Gasteiger partial charge >= 0.3 is 5.97 Å². The predicted octanol–water partition coefficient (Wildman–Crippen LogP) is 4.08. The van der Waals surface area contributed by atoms with Gasteiger partial charge in [0.15, 0.2) is 6.19 Å². The summed E-state index contributed by atoms with van der Waals surface area (Å²) in [7, 11) is 0. The third-order valence-electron chi connectivity index (χ3n) is 4.86. The summed E-state index contributed by atoms with van der Waals surface area (Å²) in [5.74, 6) is -0.947. The molecule has 2 N–H and O–H groups in total. The third kappa shape index (κ3) is 4.41. The number of carbonyl (C=O) groups excluding carboxylic acids is 1. The molecule has 1 aromatic heterocycles. The molecule has 2 aromatic carbocycles. The van der Waals surface area contributed by atoms with Gasteiger partial charge in [0, 0.05) is 10.8 Å². The molecule has 1 amide bonds. The van der Waals surface area contributed by atoms with Gasteiger partial charge in [0.05, 0.1) is 18.2 Å². The number of pyridine rings is 1. The minimum Gasteiger partial charge on any atom is -0.506 e. The van der Waals surface area contributed by atoms with Crippen molar-refractivity contribution in [3.63, 3.8) is 0 Å². The monoisotopic (exact) mass is 419 g/mol. The molecule has 0 bridgehead atoms. The maximum atomic E-state index is 13.0. The van der Waals surface area contributed by atoms with Crippen molar-refractivity contribution in [2.45, 2.75) is 20.8 Å². The number of carboxylic acid groups (broad SMARTS) is 1. The number of aliphatic carboxylic acids is 1. The average molecular weight is 419 g/mol. The molecule has 0 saturated carbocycles. The fourth-order valence-electron chi connectivity index (χ4n) is 2.98. The Balaban J connectivity index is 1.99. The fourth-order valence-corrected chi connectivity index (χ4v) is 2.98. The number of aromatic nitrogens is 1. The van der Waals surface area contributed by atoms with E-state index in [9.17, 15) is 25.1 Å². The number of nitrogens with zero attached hydrogens (tertiary/aromatic N) is 3. The summed E-state index contributed by atoms with van der Waals surface area (Å²) in [6.45, 7) is 4.43. The first-order valence-electron chi connectivity index (χ1n) is 9.44. The van der Waals surface area contributed by atoms with Crippen molar-refractivity contribution in [3.05, 3.63) is 59.9 Å². The number of fused-ring (bicyclic) bond motifs is 1. The number of hydrogen-bond acceptors (Lipinski definition) is 6. The number of aryl methyl sites for hydroxylation is 1. The number of hydrogen-bond donors (Lipinski definition) is 2. The Kier molecular flexibility index (Phi) is 5.79. The van der Waals surface area contributed by atoms with E-state index >= 15 is 0 Å². The highest BCUT2D eigenvalue weighted by Crippen LogP contribution is 2.33. The zero-order valence-corrected chi connectivity index (χ0v) is 17.3. The fraction of sp³-hybridized carbons (Fsp3) is 0.217. The lowest BCUT2D eigenvalue weighted by molar-refractivity contribution is -0.147. The van der Waals surface area contributed by atoms with Gasteiger partial charge in [-0.2, -0.15) is 5.26 Å². The van der Waals surface area contributed by atoms with Crippen molar-refractivity contribution in [3.8, 4) is 23.4 Å². The van der Waals surface area contributed by atoms with E-state index in [-0.39, 0.29) is 18.0 Å². The first-order chi connectivity index (χ1) is 14.6. The number of nitriles is 1. The van der Waals surface area contributed by atoms with Crippen molar-refractivity contribution in [2.75, 3.05) is 6.54 Å². The summed E-state index contributed by atoms with van der Waals surface area (Å²) in [4.78, 5) is 29.1. The first-order valence-corrected chi connectivity index (χ1v) is 9.44. The van der Waals surface area contributed by atoms with Crippen LogP contribution in [-0.2, 0) is 4.79 Å². The van der Waals surface area contributed by atoms with Gasteiger partial charge in [-0.3, -0.25) is 9.59 Å². The molecule has 1 heterocycles. The molecular formula is C23H21N3O5. The highest BCUT2D eigenvalue weighted by molar-refractivity contribution is 6.07. The lowest BCUT2D eigenvalue weighted by Crippen LogP contribution is -2.40. The van der Waals surface area contributed by atoms with Crippen LogP contribution in [0.1, 0.15) is 29.9 Å². The largest absolute Gasteiger partial charge is 0.506 e. The quantitative estimate of drug-likeness (QED) is 0.456. The van der Waals surface area contributed by atoms with Gasteiger partial charge in [-0.25, -0.2) is 9.88 Å². The van der Waals surface area contributed by atoms with Gasteiger partial charge in [-0.15, -0.1) is 0 Å². The van der Waals surface area contributed by atoms with Crippen LogP contribution in [0, 0.1) is 23.8 Å². The molecule has 0 aliphatic rings. The van der Waals surface area contributed by atoms with Crippen molar-refractivity contribution < 1.29 is 24.5 Å². The van der Waals surface area contributed by atoms with Crippen LogP contribution in [0.3, 0.4) is 0 Å². The van der Waals surface area contributed by atoms with E-state index in [0.29, 0.717) is 22.3 Å². The Labute approximate surface area is 178 Å². The summed E-state index contributed by atoms with van der Waals surface area (Å²) in [5.41, 5.74) is -0.465. The van der Waals surface area contributed by atoms with Gasteiger partial charge < -0.3 is 14.9 Å². The van der Waals surface area contributed by atoms with Crippen LogP contribution in [0.2, 0.25) is 0 Å². The normalized spacial score (nSPS) is 11.0. The van der Waals surface area contributed by atoms with Crippen LogP contribution in [0.5, 0.6) is 17.2 Å². The van der Waals surface area contributed by atoms with E-state index in [4.69, 9.17) is 4.74 Å². The van der Waals surface area contributed by atoms with E-state index in [2.05, 4.69) is 4.98 Å². The van der Waals surface area contributed by atoms with Gasteiger partial charge in [-0.05, 0) is 50.6 Å². The molecule has 0 spiro atoms. The van der Waals surface area contributed by atoms with Gasteiger partial charge in [0.1, 0.15) is 22.9 Å². The number of rotatable bonds is 6. The Hall–Kier alpha value is -4.12. The molecule has 0 radical (unpaired) electrons. The summed E-state index contributed by atoms with van der Waals surface area (Å²) < 4.78 is 5.89. The molecule has 8 nitrogen and oxygen atoms in total. The van der Waals surface area contributed by atoms with Crippen LogP contribution in [-0.4, -0.2) is 38.5 Å². The van der Waals surface area contributed by atoms with E-state index in [1.165, 1.54) is 13.8 Å². The SMILES string of the molecule is Cc1ccccc1Oc1ccc2c(C(=O)N(C#N)CC(C)(C)C(=O)O)ncc(O)c2c1. The van der Waals surface area contributed by atoms with E-state index in [1.807, 2.05) is 31.2 Å². The molecule has 0 aliphatic heterocycles. The summed E-state index contributed by atoms with van der Waals surface area (Å²) in [6, 6.07) is 12.2. The molecule has 3 rings (SSSR count). The number of amides is 1. The number of benzene rings is 2. The first kappa shape index (κ1) is 21.6. The van der Waals surface area contributed by atoms with Gasteiger partial charge in [0.2, 0.25) is 0 Å². The molecule has 0 atom stereocenters. The molecular weight excluding hydrogens is 398 g/mol. The van der Waals surface area contributed by atoms with Crippen LogP contribution in [0.15, 0.2) is 48.7 Å². The smallest absolute Gasteiger partial charge is 0.310 e. The van der Waals surface area contributed by atoms with Crippen LogP contribution < -0.4 is 4.74 Å². The molecule has 158 valence electrons. The van der Waals surface area contributed by atoms with Crippen molar-refractivity contribution in [1.29, 1.82) is 5.26 Å². The zero-order chi connectivity index (χ0) is 22.8. The summed E-state index contributed by atoms with van der Waals surface area (Å²) in [5, 5.41) is 29.7. The van der Waals surface area contributed by atoms with Crippen molar-refractivity contribution in [2.24, 2.45) is 5.41 Å². The molecule has 0 aliphatic carbocycles. The van der Waals surface area contributed by atoms with E-state index in [0.717, 1.165) is 16.7 Å². The van der Waals surface area contributed by atoms with Crippen molar-refractivity contribution in [1.82, 2.24) is 9.88 Å². The molecule has 8 heteroatoms. The molecule has 3 aromatic rings. The Morgan fingerprint density at radius 2 is 1.90 bits per heavy atom. The average Bonchev–Trinajstić information content (AvgIpc) is 2.73. The standard InChI is InChI=1S/C23H21N3O5/c1-14-6-4-5-7-19(14)31-15-8-9-16-17(10-15)18(27)11-25-20(16)21(28)26(13-24)12-23(2,3)22(29)30/h4-11,27H,12H2,1-3H3,(H,29,30). The number of carbonyl (C=O) groups is 2. The topological polar surface area (TPSA) is 124 Å². The number of ether oxygens (including phenoxy) is 1. The molecule has 31 heavy (non-hydrogen) atoms. The third-order valence-corrected chi connectivity index (χ3v) is 4.86. The minimum absolute atomic E-state index is 0.0713. The number of aromatic hydroxyl groups is 1. The van der Waals surface area contributed by atoms with Crippen LogP contribution in [0.4, 0.5) is 0 Å². The molecule has 0 saturated heterocycles. The Bertz CT molecular complexity index is 1210. The van der Waals surface area contributed by atoms with E-state index in [1.54, 1.807) is 24.4 Å². The zero-order valence-electron chi connectivity index (χ0n) is 17.3. The second-order valence-electron chi connectivity index (χ2n) is 7.75. The number of carboxylic acids is 1.